The lowest BCUT2D eigenvalue weighted by Crippen LogP contribution is -2.58. The van der Waals surface area contributed by atoms with Crippen LogP contribution >= 0.6 is 0 Å². The van der Waals surface area contributed by atoms with E-state index in [0.29, 0.717) is 25.1 Å². The molecule has 4 unspecified atom stereocenters. The number of carboxylic acids is 2. The van der Waals surface area contributed by atoms with Gasteiger partial charge in [0.25, 0.3) is 0 Å². The first kappa shape index (κ1) is 30.0. The predicted octanol–water partition coefficient (Wildman–Crippen LogP) is -3.70. The zero-order valence-electron chi connectivity index (χ0n) is 19.4. The molecular weight excluding hydrogens is 480 g/mol. The molecular formula is C20H32N8O8. The average molecular weight is 513 g/mol. The van der Waals surface area contributed by atoms with Crippen molar-refractivity contribution in [2.45, 2.75) is 62.7 Å². The van der Waals surface area contributed by atoms with E-state index in [2.05, 4.69) is 25.9 Å². The third kappa shape index (κ3) is 10.9. The molecule has 12 N–H and O–H groups in total. The van der Waals surface area contributed by atoms with Crippen molar-refractivity contribution in [3.8, 4) is 0 Å². The standard InChI is InChI=1S/C20H32N8O8/c21-4-2-1-3-12(20(35)36)26-19(34)14(7-16(30)31)28-18(33)13(5-10-8-24-9-25-10)27-17(32)11(22)6-15(23)29/h8-9,11-14H,1-7,21-22H2,(H2,23,29)(H,24,25)(H,26,34)(H,27,32)(H,28,33)(H,30,31)(H,35,36). The Hall–Kier alpha value is -4.05. The fourth-order valence-corrected chi connectivity index (χ4v) is 3.09. The Morgan fingerprint density at radius 2 is 1.53 bits per heavy atom. The van der Waals surface area contributed by atoms with E-state index >= 15 is 0 Å². The quantitative estimate of drug-likeness (QED) is 0.0915. The number of nitrogens with two attached hydrogens (primary N) is 3. The Kier molecular flexibility index (Phi) is 12.5. The zero-order chi connectivity index (χ0) is 27.3. The number of nitrogens with zero attached hydrogens (tertiary/aromatic N) is 1. The maximum Gasteiger partial charge on any atom is 0.326 e. The van der Waals surface area contributed by atoms with Crippen LogP contribution in [0.25, 0.3) is 0 Å². The molecule has 0 saturated heterocycles. The van der Waals surface area contributed by atoms with Crippen LogP contribution < -0.4 is 33.2 Å². The van der Waals surface area contributed by atoms with Crippen LogP contribution in [0.1, 0.15) is 37.8 Å². The van der Waals surface area contributed by atoms with Crippen molar-refractivity contribution in [1.82, 2.24) is 25.9 Å². The molecule has 16 heteroatoms. The number of aromatic nitrogens is 2. The lowest BCUT2D eigenvalue weighted by Gasteiger charge is -2.24. The lowest BCUT2D eigenvalue weighted by atomic mass is 10.1. The fourth-order valence-electron chi connectivity index (χ4n) is 3.09. The summed E-state index contributed by atoms with van der Waals surface area (Å²) in [5.74, 6) is -6.51. The van der Waals surface area contributed by atoms with Crippen LogP contribution in [-0.2, 0) is 35.2 Å². The van der Waals surface area contributed by atoms with Gasteiger partial charge in [-0.15, -0.1) is 0 Å². The fraction of sp³-hybridized carbons (Fsp3) is 0.550. The van der Waals surface area contributed by atoms with Gasteiger partial charge in [0, 0.05) is 18.3 Å². The van der Waals surface area contributed by atoms with E-state index in [9.17, 15) is 39.0 Å². The molecule has 0 saturated carbocycles. The molecule has 0 aliphatic rings. The summed E-state index contributed by atoms with van der Waals surface area (Å²) < 4.78 is 0. The molecule has 0 fully saturated rings. The minimum Gasteiger partial charge on any atom is -0.481 e. The zero-order valence-corrected chi connectivity index (χ0v) is 19.4. The van der Waals surface area contributed by atoms with Crippen LogP contribution in [0.4, 0.5) is 0 Å². The van der Waals surface area contributed by atoms with Crippen molar-refractivity contribution in [3.05, 3.63) is 18.2 Å². The van der Waals surface area contributed by atoms with Crippen molar-refractivity contribution in [1.29, 1.82) is 0 Å². The molecule has 0 aliphatic heterocycles. The van der Waals surface area contributed by atoms with Crippen LogP contribution in [0.5, 0.6) is 0 Å². The number of H-pyrrole nitrogens is 1. The molecule has 4 atom stereocenters. The largest absolute Gasteiger partial charge is 0.481 e. The Labute approximate surface area is 205 Å². The van der Waals surface area contributed by atoms with E-state index in [4.69, 9.17) is 17.2 Å². The van der Waals surface area contributed by atoms with Gasteiger partial charge in [0.05, 0.1) is 25.2 Å². The van der Waals surface area contributed by atoms with Crippen LogP contribution in [0.2, 0.25) is 0 Å². The van der Waals surface area contributed by atoms with Crippen molar-refractivity contribution < 1.29 is 39.0 Å². The van der Waals surface area contributed by atoms with E-state index < -0.39 is 72.6 Å². The van der Waals surface area contributed by atoms with Gasteiger partial charge in [0.2, 0.25) is 23.6 Å². The van der Waals surface area contributed by atoms with Crippen LogP contribution in [0.3, 0.4) is 0 Å². The molecule has 16 nitrogen and oxygen atoms in total. The molecule has 36 heavy (non-hydrogen) atoms. The highest BCUT2D eigenvalue weighted by Gasteiger charge is 2.32. The molecule has 0 aromatic carbocycles. The Morgan fingerprint density at radius 3 is 2.06 bits per heavy atom. The van der Waals surface area contributed by atoms with Crippen molar-refractivity contribution in [2.24, 2.45) is 17.2 Å². The van der Waals surface area contributed by atoms with E-state index in [1.807, 2.05) is 0 Å². The van der Waals surface area contributed by atoms with Crippen LogP contribution in [-0.4, -0.2) is 86.5 Å². The number of primary amides is 1. The minimum atomic E-state index is -1.66. The van der Waals surface area contributed by atoms with E-state index in [1.165, 1.54) is 12.5 Å². The van der Waals surface area contributed by atoms with Gasteiger partial charge in [0.1, 0.15) is 18.1 Å². The smallest absolute Gasteiger partial charge is 0.326 e. The summed E-state index contributed by atoms with van der Waals surface area (Å²) in [5, 5.41) is 25.4. The maximum atomic E-state index is 13.0. The molecule has 0 radical (unpaired) electrons. The number of unbranched alkanes of at least 4 members (excludes halogenated alkanes) is 1. The average Bonchev–Trinajstić information content (AvgIpc) is 3.29. The van der Waals surface area contributed by atoms with Gasteiger partial charge < -0.3 is 48.3 Å². The second-order valence-corrected chi connectivity index (χ2v) is 7.96. The number of hydrogen-bond acceptors (Lipinski definition) is 9. The maximum absolute atomic E-state index is 13.0. The molecule has 0 spiro atoms. The van der Waals surface area contributed by atoms with E-state index in [0.717, 1.165) is 0 Å². The molecule has 0 aliphatic carbocycles. The molecule has 0 bridgehead atoms. The second kappa shape index (κ2) is 15.0. The molecule has 1 heterocycles. The van der Waals surface area contributed by atoms with Gasteiger partial charge in [-0.3, -0.25) is 24.0 Å². The molecule has 1 aromatic heterocycles. The first-order valence-corrected chi connectivity index (χ1v) is 11.0. The topological polar surface area (TPSA) is 286 Å². The van der Waals surface area contributed by atoms with Gasteiger partial charge in [-0.2, -0.15) is 0 Å². The molecule has 4 amide bonds. The van der Waals surface area contributed by atoms with E-state index in [-0.39, 0.29) is 12.8 Å². The van der Waals surface area contributed by atoms with E-state index in [1.54, 1.807) is 0 Å². The van der Waals surface area contributed by atoms with Gasteiger partial charge in [-0.05, 0) is 25.8 Å². The summed E-state index contributed by atoms with van der Waals surface area (Å²) in [7, 11) is 0. The van der Waals surface area contributed by atoms with Gasteiger partial charge in [-0.1, -0.05) is 0 Å². The van der Waals surface area contributed by atoms with Gasteiger partial charge >= 0.3 is 11.9 Å². The number of carboxylic acid groups (broad SMARTS) is 2. The molecule has 1 aromatic rings. The summed E-state index contributed by atoms with van der Waals surface area (Å²) in [6.45, 7) is 0.324. The van der Waals surface area contributed by atoms with Crippen molar-refractivity contribution >= 4 is 35.6 Å². The Bertz CT molecular complexity index is 923. The third-order valence-electron chi connectivity index (χ3n) is 4.94. The predicted molar refractivity (Wildman–Crippen MR) is 123 cm³/mol. The normalized spacial score (nSPS) is 14.1. The third-order valence-corrected chi connectivity index (χ3v) is 4.94. The number of carbonyl (C=O) groups is 6. The number of amides is 4. The number of carbonyl (C=O) groups excluding carboxylic acids is 4. The minimum absolute atomic E-state index is 0.0439. The number of aromatic amines is 1. The molecule has 1 rings (SSSR count). The number of rotatable bonds is 17. The number of hydrogen-bond donors (Lipinski definition) is 9. The lowest BCUT2D eigenvalue weighted by molar-refractivity contribution is -0.143. The van der Waals surface area contributed by atoms with Crippen molar-refractivity contribution in [3.63, 3.8) is 0 Å². The molecule has 200 valence electrons. The SMILES string of the molecule is NCCCCC(NC(=O)C(CC(=O)O)NC(=O)C(Cc1cnc[nH]1)NC(=O)C(N)CC(N)=O)C(=O)O. The summed E-state index contributed by atoms with van der Waals surface area (Å²) in [6, 6.07) is -5.71. The first-order chi connectivity index (χ1) is 16.9. The highest BCUT2D eigenvalue weighted by atomic mass is 16.4. The number of nitrogens with one attached hydrogen (secondary N) is 4. The first-order valence-electron chi connectivity index (χ1n) is 11.0. The van der Waals surface area contributed by atoms with Gasteiger partial charge in [-0.25, -0.2) is 9.78 Å². The van der Waals surface area contributed by atoms with Gasteiger partial charge in [0.15, 0.2) is 0 Å². The number of imidazole rings is 1. The highest BCUT2D eigenvalue weighted by Crippen LogP contribution is 2.05. The summed E-state index contributed by atoms with van der Waals surface area (Å²) in [6.07, 6.45) is 2.14. The Morgan fingerprint density at radius 1 is 0.917 bits per heavy atom. The summed E-state index contributed by atoms with van der Waals surface area (Å²) in [4.78, 5) is 78.5. The number of aliphatic carboxylic acids is 2. The van der Waals surface area contributed by atoms with Crippen LogP contribution in [0.15, 0.2) is 12.5 Å². The summed E-state index contributed by atoms with van der Waals surface area (Å²) in [5.41, 5.74) is 16.5. The monoisotopic (exact) mass is 512 g/mol. The second-order valence-electron chi connectivity index (χ2n) is 7.96. The van der Waals surface area contributed by atoms with Crippen molar-refractivity contribution in [2.75, 3.05) is 6.54 Å². The Balaban J connectivity index is 3.03. The summed E-state index contributed by atoms with van der Waals surface area (Å²) >= 11 is 0. The highest BCUT2D eigenvalue weighted by molar-refractivity contribution is 5.96. The van der Waals surface area contributed by atoms with Crippen LogP contribution in [0, 0.1) is 0 Å².